The van der Waals surface area contributed by atoms with E-state index < -0.39 is 9.84 Å². The lowest BCUT2D eigenvalue weighted by Crippen LogP contribution is -2.34. The SMILES string of the molecule is CN1CCc2nc(S(C)(=O)=O)[nH]c(=O)c2C1. The van der Waals surface area contributed by atoms with Crippen molar-refractivity contribution in [3.63, 3.8) is 0 Å². The maximum absolute atomic E-state index is 11.7. The molecule has 0 atom stereocenters. The number of H-pyrrole nitrogens is 1. The molecule has 2 rings (SSSR count). The fraction of sp³-hybridized carbons (Fsp3) is 0.556. The van der Waals surface area contributed by atoms with Crippen LogP contribution in [0.4, 0.5) is 0 Å². The molecule has 0 aliphatic carbocycles. The van der Waals surface area contributed by atoms with Crippen LogP contribution in [-0.4, -0.2) is 43.1 Å². The van der Waals surface area contributed by atoms with Gasteiger partial charge in [-0.1, -0.05) is 0 Å². The van der Waals surface area contributed by atoms with Crippen LogP contribution in [0, 0.1) is 0 Å². The molecule has 1 aliphatic heterocycles. The van der Waals surface area contributed by atoms with Gasteiger partial charge >= 0.3 is 0 Å². The molecule has 2 heterocycles. The Bertz CT molecular complexity index is 576. The standard InChI is InChI=1S/C9H13N3O3S/c1-12-4-3-7-6(5-12)8(13)11-9(10-7)16(2,14)15/h3-5H2,1-2H3,(H,10,11,13). The van der Waals surface area contributed by atoms with Crippen molar-refractivity contribution in [2.24, 2.45) is 0 Å². The van der Waals surface area contributed by atoms with Gasteiger partial charge in [0.25, 0.3) is 5.56 Å². The minimum atomic E-state index is -3.45. The highest BCUT2D eigenvalue weighted by molar-refractivity contribution is 7.90. The highest BCUT2D eigenvalue weighted by Gasteiger charge is 2.21. The summed E-state index contributed by atoms with van der Waals surface area (Å²) >= 11 is 0. The van der Waals surface area contributed by atoms with Crippen molar-refractivity contribution in [3.8, 4) is 0 Å². The zero-order valence-electron chi connectivity index (χ0n) is 9.15. The third-order valence-corrected chi connectivity index (χ3v) is 3.48. The first-order chi connectivity index (χ1) is 7.38. The Balaban J connectivity index is 2.60. The smallest absolute Gasteiger partial charge is 0.256 e. The van der Waals surface area contributed by atoms with Crippen LogP contribution in [0.25, 0.3) is 0 Å². The average Bonchev–Trinajstić information content (AvgIpc) is 2.17. The number of nitrogens with zero attached hydrogens (tertiary/aromatic N) is 2. The number of hydrogen-bond acceptors (Lipinski definition) is 5. The van der Waals surface area contributed by atoms with E-state index in [1.165, 1.54) is 0 Å². The summed E-state index contributed by atoms with van der Waals surface area (Å²) in [6.45, 7) is 1.30. The molecule has 1 N–H and O–H groups in total. The fourth-order valence-corrected chi connectivity index (χ4v) is 2.27. The second kappa shape index (κ2) is 3.67. The van der Waals surface area contributed by atoms with Gasteiger partial charge in [-0.15, -0.1) is 0 Å². The molecule has 0 saturated heterocycles. The van der Waals surface area contributed by atoms with Gasteiger partial charge in [-0.25, -0.2) is 13.4 Å². The highest BCUT2D eigenvalue weighted by Crippen LogP contribution is 2.13. The van der Waals surface area contributed by atoms with Crippen LogP contribution in [0.15, 0.2) is 9.95 Å². The third kappa shape index (κ3) is 2.00. The predicted molar refractivity (Wildman–Crippen MR) is 58.0 cm³/mol. The molecule has 1 aromatic rings. The normalized spacial score (nSPS) is 17.1. The zero-order valence-corrected chi connectivity index (χ0v) is 9.97. The van der Waals surface area contributed by atoms with Crippen LogP contribution in [0.3, 0.4) is 0 Å². The molecule has 0 fully saturated rings. The van der Waals surface area contributed by atoms with E-state index in [9.17, 15) is 13.2 Å². The Hall–Kier alpha value is -1.21. The summed E-state index contributed by atoms with van der Waals surface area (Å²) in [5, 5.41) is -0.235. The first-order valence-corrected chi connectivity index (χ1v) is 6.78. The van der Waals surface area contributed by atoms with Crippen LogP contribution < -0.4 is 5.56 Å². The molecule has 7 heteroatoms. The number of nitrogens with one attached hydrogen (secondary N) is 1. The molecule has 88 valence electrons. The van der Waals surface area contributed by atoms with Crippen molar-refractivity contribution in [1.29, 1.82) is 0 Å². The summed E-state index contributed by atoms with van der Waals surface area (Å²) in [6, 6.07) is 0. The average molecular weight is 243 g/mol. The summed E-state index contributed by atoms with van der Waals surface area (Å²) in [5.74, 6) is 0. The highest BCUT2D eigenvalue weighted by atomic mass is 32.2. The van der Waals surface area contributed by atoms with E-state index in [4.69, 9.17) is 0 Å². The fourth-order valence-electron chi connectivity index (χ4n) is 1.71. The first-order valence-electron chi connectivity index (χ1n) is 4.88. The molecule has 1 aliphatic rings. The number of fused-ring (bicyclic) bond motifs is 1. The van der Waals surface area contributed by atoms with Gasteiger partial charge in [-0.3, -0.25) is 9.78 Å². The van der Waals surface area contributed by atoms with Crippen molar-refractivity contribution >= 4 is 9.84 Å². The zero-order chi connectivity index (χ0) is 11.9. The predicted octanol–water partition coefficient (Wildman–Crippen LogP) is -0.839. The second-order valence-electron chi connectivity index (χ2n) is 4.06. The lowest BCUT2D eigenvalue weighted by atomic mass is 10.1. The number of aromatic nitrogens is 2. The van der Waals surface area contributed by atoms with Crippen molar-refractivity contribution in [1.82, 2.24) is 14.9 Å². The quantitative estimate of drug-likeness (QED) is 0.650. The van der Waals surface area contributed by atoms with E-state index in [-0.39, 0.29) is 10.7 Å². The molecule has 0 aromatic carbocycles. The van der Waals surface area contributed by atoms with Crippen LogP contribution in [0.2, 0.25) is 0 Å². The molecule has 0 saturated carbocycles. The Morgan fingerprint density at radius 2 is 2.12 bits per heavy atom. The maximum atomic E-state index is 11.7. The number of likely N-dealkylation sites (N-methyl/N-ethyl adjacent to an activating group) is 1. The minimum Gasteiger partial charge on any atom is -0.301 e. The van der Waals surface area contributed by atoms with Gasteiger partial charge in [0.2, 0.25) is 15.0 Å². The summed E-state index contributed by atoms with van der Waals surface area (Å²) in [6.07, 6.45) is 1.64. The Morgan fingerprint density at radius 3 is 2.75 bits per heavy atom. The third-order valence-electron chi connectivity index (χ3n) is 2.59. The van der Waals surface area contributed by atoms with Gasteiger partial charge in [0.15, 0.2) is 0 Å². The second-order valence-corrected chi connectivity index (χ2v) is 5.99. The van der Waals surface area contributed by atoms with Gasteiger partial charge in [-0.05, 0) is 7.05 Å². The topological polar surface area (TPSA) is 83.1 Å². The maximum Gasteiger partial charge on any atom is 0.256 e. The van der Waals surface area contributed by atoms with E-state index >= 15 is 0 Å². The van der Waals surface area contributed by atoms with Gasteiger partial charge in [0.05, 0.1) is 11.3 Å². The molecule has 1 aromatic heterocycles. The number of sulfone groups is 1. The molecule has 0 bridgehead atoms. The van der Waals surface area contributed by atoms with E-state index in [0.29, 0.717) is 24.2 Å². The van der Waals surface area contributed by atoms with Gasteiger partial charge in [-0.2, -0.15) is 0 Å². The van der Waals surface area contributed by atoms with Crippen LogP contribution in [0.1, 0.15) is 11.3 Å². The van der Waals surface area contributed by atoms with Crippen molar-refractivity contribution in [3.05, 3.63) is 21.6 Å². The van der Waals surface area contributed by atoms with Crippen molar-refractivity contribution < 1.29 is 8.42 Å². The molecule has 0 radical (unpaired) electrons. The first kappa shape index (κ1) is 11.3. The molecular weight excluding hydrogens is 230 g/mol. The molecule has 0 spiro atoms. The summed E-state index contributed by atoms with van der Waals surface area (Å²) < 4.78 is 22.6. The van der Waals surface area contributed by atoms with E-state index in [2.05, 4.69) is 9.97 Å². The van der Waals surface area contributed by atoms with Crippen molar-refractivity contribution in [2.45, 2.75) is 18.1 Å². The number of aromatic amines is 1. The monoisotopic (exact) mass is 243 g/mol. The summed E-state index contributed by atoms with van der Waals surface area (Å²) in [4.78, 5) is 20.0. The largest absolute Gasteiger partial charge is 0.301 e. The molecule has 0 unspecified atom stereocenters. The molecule has 16 heavy (non-hydrogen) atoms. The Morgan fingerprint density at radius 1 is 1.44 bits per heavy atom. The van der Waals surface area contributed by atoms with Crippen LogP contribution >= 0.6 is 0 Å². The Kier molecular flexibility index (Phi) is 2.59. The molecule has 0 amide bonds. The summed E-state index contributed by atoms with van der Waals surface area (Å²) in [7, 11) is -1.54. The summed E-state index contributed by atoms with van der Waals surface area (Å²) in [5.41, 5.74) is 0.820. The lowest BCUT2D eigenvalue weighted by molar-refractivity contribution is 0.306. The number of hydrogen-bond donors (Lipinski definition) is 1. The van der Waals surface area contributed by atoms with E-state index in [1.807, 2.05) is 11.9 Å². The van der Waals surface area contributed by atoms with Gasteiger partial charge in [0.1, 0.15) is 0 Å². The minimum absolute atomic E-state index is 0.235. The number of rotatable bonds is 1. The van der Waals surface area contributed by atoms with Crippen LogP contribution in [-0.2, 0) is 22.8 Å². The van der Waals surface area contributed by atoms with Crippen molar-refractivity contribution in [2.75, 3.05) is 19.8 Å². The Labute approximate surface area is 93.2 Å². The molecular formula is C9H13N3O3S. The van der Waals surface area contributed by atoms with E-state index in [0.717, 1.165) is 12.8 Å². The lowest BCUT2D eigenvalue weighted by Gasteiger charge is -2.23. The molecule has 6 nitrogen and oxygen atoms in total. The van der Waals surface area contributed by atoms with Gasteiger partial charge in [0, 0.05) is 25.8 Å². The van der Waals surface area contributed by atoms with E-state index in [1.54, 1.807) is 0 Å². The van der Waals surface area contributed by atoms with Crippen LogP contribution in [0.5, 0.6) is 0 Å². The van der Waals surface area contributed by atoms with Gasteiger partial charge < -0.3 is 4.90 Å².